The number of aryl methyl sites for hydroxylation is 1. The molecule has 0 saturated heterocycles. The number of rotatable bonds is 3. The van der Waals surface area contributed by atoms with Crippen LogP contribution in [0.15, 0.2) is 114 Å². The van der Waals surface area contributed by atoms with Gasteiger partial charge in [-0.15, -0.1) is 0 Å². The molecular formula is C36H30N2O. The highest BCUT2D eigenvalue weighted by Crippen LogP contribution is 2.39. The molecule has 0 unspecified atom stereocenters. The largest absolute Gasteiger partial charge is 0.456 e. The van der Waals surface area contributed by atoms with Crippen molar-refractivity contribution in [3.63, 3.8) is 0 Å². The van der Waals surface area contributed by atoms with Crippen molar-refractivity contribution in [3.05, 3.63) is 120 Å². The average Bonchev–Trinajstić information content (AvgIpc) is 3.51. The first-order chi connectivity index (χ1) is 18.9. The molecule has 2 heterocycles. The third kappa shape index (κ3) is 3.85. The van der Waals surface area contributed by atoms with E-state index >= 15 is 0 Å². The van der Waals surface area contributed by atoms with Crippen molar-refractivity contribution in [2.75, 3.05) is 0 Å². The lowest BCUT2D eigenvalue weighted by atomic mass is 9.84. The molecule has 3 nitrogen and oxygen atoms in total. The van der Waals surface area contributed by atoms with Crippen LogP contribution in [0, 0.1) is 6.92 Å². The number of nitrogens with zero attached hydrogens (tertiary/aromatic N) is 2. The number of fused-ring (bicyclic) bond motifs is 4. The third-order valence-corrected chi connectivity index (χ3v) is 7.67. The van der Waals surface area contributed by atoms with E-state index in [1.165, 1.54) is 27.6 Å². The Balaban J connectivity index is 1.51. The summed E-state index contributed by atoms with van der Waals surface area (Å²) in [5.41, 5.74) is 11.0. The van der Waals surface area contributed by atoms with Gasteiger partial charge in [0.15, 0.2) is 0 Å². The van der Waals surface area contributed by atoms with Gasteiger partial charge in [0.05, 0.1) is 16.7 Å². The van der Waals surface area contributed by atoms with Crippen LogP contribution in [0.2, 0.25) is 0 Å². The Morgan fingerprint density at radius 2 is 1.44 bits per heavy atom. The molecule has 0 amide bonds. The van der Waals surface area contributed by atoms with Crippen molar-refractivity contribution in [2.45, 2.75) is 33.1 Å². The van der Waals surface area contributed by atoms with Gasteiger partial charge < -0.3 is 4.42 Å². The molecule has 0 aliphatic heterocycles. The molecule has 3 heteroatoms. The zero-order valence-electron chi connectivity index (χ0n) is 22.7. The van der Waals surface area contributed by atoms with Gasteiger partial charge in [0, 0.05) is 16.3 Å². The van der Waals surface area contributed by atoms with Gasteiger partial charge in [-0.3, -0.25) is 4.57 Å². The highest BCUT2D eigenvalue weighted by atomic mass is 16.3. The van der Waals surface area contributed by atoms with E-state index in [-0.39, 0.29) is 5.41 Å². The number of para-hydroxylation sites is 2. The molecule has 39 heavy (non-hydrogen) atoms. The Morgan fingerprint density at radius 1 is 0.667 bits per heavy atom. The first kappa shape index (κ1) is 23.5. The van der Waals surface area contributed by atoms with Crippen LogP contribution in [0.1, 0.15) is 31.9 Å². The Morgan fingerprint density at radius 3 is 2.26 bits per heavy atom. The molecule has 0 fully saturated rings. The molecule has 0 aliphatic rings. The second-order valence-electron chi connectivity index (χ2n) is 11.4. The van der Waals surface area contributed by atoms with E-state index in [9.17, 15) is 0 Å². The zero-order chi connectivity index (χ0) is 26.7. The zero-order valence-corrected chi connectivity index (χ0v) is 22.7. The smallest absolute Gasteiger partial charge is 0.145 e. The average molecular weight is 507 g/mol. The van der Waals surface area contributed by atoms with Gasteiger partial charge in [0.2, 0.25) is 0 Å². The second-order valence-corrected chi connectivity index (χ2v) is 11.4. The van der Waals surface area contributed by atoms with E-state index in [0.717, 1.165) is 44.7 Å². The summed E-state index contributed by atoms with van der Waals surface area (Å²) in [5.74, 6) is 0.930. The SMILES string of the molecule is Cc1cccc2oc3ccc(-c4nc5ccccc5n4-c4ccc(-c5ccccc5)cc4C(C)(C)C)cc3c12. The quantitative estimate of drug-likeness (QED) is 0.239. The van der Waals surface area contributed by atoms with Crippen LogP contribution in [0.5, 0.6) is 0 Å². The van der Waals surface area contributed by atoms with E-state index in [1.807, 2.05) is 12.1 Å². The highest BCUT2D eigenvalue weighted by Gasteiger charge is 2.24. The Bertz CT molecular complexity index is 2000. The minimum Gasteiger partial charge on any atom is -0.456 e. The molecule has 7 rings (SSSR count). The molecule has 0 saturated carbocycles. The van der Waals surface area contributed by atoms with Gasteiger partial charge in [-0.1, -0.05) is 81.4 Å². The van der Waals surface area contributed by atoms with Gasteiger partial charge in [-0.05, 0) is 83.1 Å². The van der Waals surface area contributed by atoms with E-state index < -0.39 is 0 Å². The van der Waals surface area contributed by atoms with Crippen molar-refractivity contribution in [3.8, 4) is 28.2 Å². The molecule has 0 radical (unpaired) electrons. The van der Waals surface area contributed by atoms with E-state index in [4.69, 9.17) is 9.40 Å². The van der Waals surface area contributed by atoms with Crippen LogP contribution in [-0.4, -0.2) is 9.55 Å². The van der Waals surface area contributed by atoms with E-state index in [2.05, 4.69) is 129 Å². The van der Waals surface area contributed by atoms with Gasteiger partial charge in [0.1, 0.15) is 17.0 Å². The number of benzene rings is 5. The fourth-order valence-corrected chi connectivity index (χ4v) is 5.75. The molecule has 0 bridgehead atoms. The number of imidazole rings is 1. The van der Waals surface area contributed by atoms with Gasteiger partial charge in [-0.2, -0.15) is 0 Å². The standard InChI is InChI=1S/C36H30N2O/c1-23-11-10-16-33-34(23)27-21-26(18-20-32(27)39-33)35-37-29-14-8-9-15-31(29)38(35)30-19-17-25(22-28(30)36(2,3)4)24-12-6-5-7-13-24/h5-22H,1-4H3. The summed E-state index contributed by atoms with van der Waals surface area (Å²) < 4.78 is 8.52. The number of hydrogen-bond acceptors (Lipinski definition) is 2. The molecule has 5 aromatic carbocycles. The van der Waals surface area contributed by atoms with Crippen LogP contribution < -0.4 is 0 Å². The predicted octanol–water partition coefficient (Wildman–Crippen LogP) is 9.86. The fourth-order valence-electron chi connectivity index (χ4n) is 5.75. The number of hydrogen-bond donors (Lipinski definition) is 0. The minimum atomic E-state index is -0.0788. The normalized spacial score (nSPS) is 12.1. The Labute approximate surface area is 228 Å². The van der Waals surface area contributed by atoms with Crippen molar-refractivity contribution in [1.82, 2.24) is 9.55 Å². The van der Waals surface area contributed by atoms with Crippen LogP contribution in [-0.2, 0) is 5.41 Å². The maximum Gasteiger partial charge on any atom is 0.145 e. The van der Waals surface area contributed by atoms with E-state index in [0.29, 0.717) is 0 Å². The third-order valence-electron chi connectivity index (χ3n) is 7.67. The van der Waals surface area contributed by atoms with Gasteiger partial charge >= 0.3 is 0 Å². The lowest BCUT2D eigenvalue weighted by Gasteiger charge is -2.25. The molecule has 0 aliphatic carbocycles. The molecule has 7 aromatic rings. The maximum absolute atomic E-state index is 6.19. The van der Waals surface area contributed by atoms with Crippen LogP contribution >= 0.6 is 0 Å². The second kappa shape index (κ2) is 8.71. The molecule has 0 atom stereocenters. The van der Waals surface area contributed by atoms with Gasteiger partial charge in [0.25, 0.3) is 0 Å². The summed E-state index contributed by atoms with van der Waals surface area (Å²) >= 11 is 0. The molecule has 190 valence electrons. The Kier molecular flexibility index (Phi) is 5.24. The summed E-state index contributed by atoms with van der Waals surface area (Å²) in [6, 6.07) is 38.5. The monoisotopic (exact) mass is 506 g/mol. The van der Waals surface area contributed by atoms with Crippen LogP contribution in [0.3, 0.4) is 0 Å². The van der Waals surface area contributed by atoms with E-state index in [1.54, 1.807) is 0 Å². The maximum atomic E-state index is 6.19. The molecule has 2 aromatic heterocycles. The summed E-state index contributed by atoms with van der Waals surface area (Å²) in [5, 5.41) is 2.29. The first-order valence-electron chi connectivity index (χ1n) is 13.5. The van der Waals surface area contributed by atoms with Crippen molar-refractivity contribution in [2.24, 2.45) is 0 Å². The summed E-state index contributed by atoms with van der Waals surface area (Å²) in [6.07, 6.45) is 0. The lowest BCUT2D eigenvalue weighted by molar-refractivity contribution is 0.587. The predicted molar refractivity (Wildman–Crippen MR) is 163 cm³/mol. The number of furan rings is 1. The van der Waals surface area contributed by atoms with Crippen molar-refractivity contribution < 1.29 is 4.42 Å². The molecule has 0 spiro atoms. The molecule has 0 N–H and O–H groups in total. The minimum absolute atomic E-state index is 0.0788. The van der Waals surface area contributed by atoms with Crippen molar-refractivity contribution in [1.29, 1.82) is 0 Å². The van der Waals surface area contributed by atoms with Crippen LogP contribution in [0.4, 0.5) is 0 Å². The fraction of sp³-hybridized carbons (Fsp3) is 0.139. The van der Waals surface area contributed by atoms with Crippen molar-refractivity contribution >= 4 is 33.0 Å². The Hall–Kier alpha value is -4.63. The summed E-state index contributed by atoms with van der Waals surface area (Å²) in [6.45, 7) is 8.99. The van der Waals surface area contributed by atoms with Crippen LogP contribution in [0.25, 0.3) is 61.2 Å². The highest BCUT2D eigenvalue weighted by molar-refractivity contribution is 6.08. The summed E-state index contributed by atoms with van der Waals surface area (Å²) in [4.78, 5) is 5.19. The topological polar surface area (TPSA) is 31.0 Å². The summed E-state index contributed by atoms with van der Waals surface area (Å²) in [7, 11) is 0. The van der Waals surface area contributed by atoms with Gasteiger partial charge in [-0.25, -0.2) is 4.98 Å². The molecular weight excluding hydrogens is 476 g/mol. The lowest BCUT2D eigenvalue weighted by Crippen LogP contribution is -2.16. The number of aromatic nitrogens is 2. The first-order valence-corrected chi connectivity index (χ1v) is 13.5.